The Morgan fingerprint density at radius 1 is 1.39 bits per heavy atom. The first kappa shape index (κ1) is 13.1. The molecular weight excluding hydrogens is 296 g/mol. The number of aliphatic hydroxyl groups is 1. The van der Waals surface area contributed by atoms with Crippen LogP contribution in [0, 0.1) is 0 Å². The number of para-hydroxylation sites is 1. The highest BCUT2D eigenvalue weighted by Crippen LogP contribution is 2.31. The molecule has 0 bridgehead atoms. The Kier molecular flexibility index (Phi) is 4.04. The molecule has 0 saturated heterocycles. The molecule has 0 amide bonds. The summed E-state index contributed by atoms with van der Waals surface area (Å²) < 4.78 is 8.18. The summed E-state index contributed by atoms with van der Waals surface area (Å²) >= 11 is 3.49. The summed E-state index contributed by atoms with van der Waals surface area (Å²) in [5, 5.41) is 9.02. The number of imidazole rings is 1. The minimum Gasteiger partial charge on any atom is -0.496 e. The lowest BCUT2D eigenvalue weighted by molar-refractivity contribution is 0.298. The predicted octanol–water partition coefficient (Wildman–Crippen LogP) is 2.39. The van der Waals surface area contributed by atoms with E-state index in [1.165, 1.54) is 0 Å². The van der Waals surface area contributed by atoms with Gasteiger partial charge in [-0.05, 0) is 28.1 Å². The van der Waals surface area contributed by atoms with Crippen LogP contribution in [0.2, 0.25) is 0 Å². The number of aromatic nitrogens is 2. The topological polar surface area (TPSA) is 47.3 Å². The highest BCUT2D eigenvalue weighted by atomic mass is 79.9. The van der Waals surface area contributed by atoms with Crippen molar-refractivity contribution in [2.24, 2.45) is 7.05 Å². The van der Waals surface area contributed by atoms with Crippen molar-refractivity contribution in [3.8, 4) is 17.1 Å². The standard InChI is InChI=1S/C13H15BrN2O2/c1-16-12(14)10(7-8-17)15-13(16)9-5-3-4-6-11(9)18-2/h3-6,17H,7-8H2,1-2H3. The molecule has 2 aromatic rings. The largest absolute Gasteiger partial charge is 0.496 e. The molecule has 1 aromatic carbocycles. The maximum atomic E-state index is 9.02. The average molecular weight is 311 g/mol. The molecular formula is C13H15BrN2O2. The first-order valence-corrected chi connectivity index (χ1v) is 6.43. The number of halogens is 1. The molecule has 0 aliphatic heterocycles. The number of aliphatic hydroxyl groups excluding tert-OH is 1. The molecule has 1 heterocycles. The van der Waals surface area contributed by atoms with Crippen LogP contribution >= 0.6 is 15.9 Å². The molecule has 0 fully saturated rings. The average Bonchev–Trinajstić information content (AvgIpc) is 2.67. The van der Waals surface area contributed by atoms with E-state index in [0.717, 1.165) is 27.4 Å². The van der Waals surface area contributed by atoms with Crippen LogP contribution in [0.1, 0.15) is 5.69 Å². The molecule has 0 spiro atoms. The van der Waals surface area contributed by atoms with Gasteiger partial charge in [-0.2, -0.15) is 0 Å². The Balaban J connectivity index is 2.54. The zero-order valence-corrected chi connectivity index (χ0v) is 11.9. The van der Waals surface area contributed by atoms with Crippen molar-refractivity contribution >= 4 is 15.9 Å². The van der Waals surface area contributed by atoms with Gasteiger partial charge in [0, 0.05) is 20.1 Å². The summed E-state index contributed by atoms with van der Waals surface area (Å²) in [6, 6.07) is 7.75. The van der Waals surface area contributed by atoms with Crippen molar-refractivity contribution in [1.82, 2.24) is 9.55 Å². The molecule has 0 aliphatic carbocycles. The summed E-state index contributed by atoms with van der Waals surface area (Å²) in [7, 11) is 3.57. The van der Waals surface area contributed by atoms with E-state index in [1.54, 1.807) is 7.11 Å². The van der Waals surface area contributed by atoms with Gasteiger partial charge in [0.05, 0.1) is 18.4 Å². The van der Waals surface area contributed by atoms with Gasteiger partial charge in [-0.3, -0.25) is 0 Å². The van der Waals surface area contributed by atoms with Crippen LogP contribution in [-0.2, 0) is 13.5 Å². The molecule has 0 radical (unpaired) electrons. The second-order valence-electron chi connectivity index (χ2n) is 3.91. The van der Waals surface area contributed by atoms with Crippen molar-refractivity contribution in [3.63, 3.8) is 0 Å². The summed E-state index contributed by atoms with van der Waals surface area (Å²) in [5.74, 6) is 1.61. The minimum atomic E-state index is 0.0843. The Morgan fingerprint density at radius 3 is 2.78 bits per heavy atom. The SMILES string of the molecule is COc1ccccc1-c1nc(CCO)c(Br)n1C. The monoisotopic (exact) mass is 310 g/mol. The van der Waals surface area contributed by atoms with E-state index < -0.39 is 0 Å². The molecule has 1 aromatic heterocycles. The molecule has 1 N–H and O–H groups in total. The maximum absolute atomic E-state index is 9.02. The van der Waals surface area contributed by atoms with E-state index in [2.05, 4.69) is 20.9 Å². The molecule has 96 valence electrons. The van der Waals surface area contributed by atoms with Gasteiger partial charge in [0.25, 0.3) is 0 Å². The van der Waals surface area contributed by atoms with Gasteiger partial charge in [0.1, 0.15) is 16.2 Å². The van der Waals surface area contributed by atoms with Crippen molar-refractivity contribution in [1.29, 1.82) is 0 Å². The van der Waals surface area contributed by atoms with E-state index >= 15 is 0 Å². The Labute approximate surface area is 114 Å². The van der Waals surface area contributed by atoms with E-state index in [-0.39, 0.29) is 6.61 Å². The first-order valence-electron chi connectivity index (χ1n) is 5.64. The third kappa shape index (κ3) is 2.28. The molecule has 0 atom stereocenters. The van der Waals surface area contributed by atoms with E-state index in [0.29, 0.717) is 6.42 Å². The quantitative estimate of drug-likeness (QED) is 0.943. The third-order valence-corrected chi connectivity index (χ3v) is 3.78. The number of hydrogen-bond acceptors (Lipinski definition) is 3. The fraction of sp³-hybridized carbons (Fsp3) is 0.308. The van der Waals surface area contributed by atoms with Gasteiger partial charge >= 0.3 is 0 Å². The summed E-state index contributed by atoms with van der Waals surface area (Å²) in [4.78, 5) is 4.55. The Bertz CT molecular complexity index is 552. The van der Waals surface area contributed by atoms with Crippen LogP contribution in [0.25, 0.3) is 11.4 Å². The summed E-state index contributed by atoms with van der Waals surface area (Å²) in [6.07, 6.45) is 0.531. The van der Waals surface area contributed by atoms with E-state index in [9.17, 15) is 0 Å². The highest BCUT2D eigenvalue weighted by molar-refractivity contribution is 9.10. The molecule has 18 heavy (non-hydrogen) atoms. The number of benzene rings is 1. The van der Waals surface area contributed by atoms with Gasteiger partial charge < -0.3 is 14.4 Å². The fourth-order valence-corrected chi connectivity index (χ4v) is 2.33. The number of rotatable bonds is 4. The molecule has 0 unspecified atom stereocenters. The molecule has 5 heteroatoms. The van der Waals surface area contributed by atoms with E-state index in [1.807, 2.05) is 35.9 Å². The van der Waals surface area contributed by atoms with Crippen molar-refractivity contribution in [3.05, 3.63) is 34.6 Å². The Morgan fingerprint density at radius 2 is 2.11 bits per heavy atom. The minimum absolute atomic E-state index is 0.0843. The summed E-state index contributed by atoms with van der Waals surface area (Å²) in [5.41, 5.74) is 1.79. The van der Waals surface area contributed by atoms with Gasteiger partial charge in [-0.15, -0.1) is 0 Å². The van der Waals surface area contributed by atoms with Crippen LogP contribution in [0.5, 0.6) is 5.75 Å². The van der Waals surface area contributed by atoms with Crippen LogP contribution < -0.4 is 4.74 Å². The molecule has 4 nitrogen and oxygen atoms in total. The zero-order chi connectivity index (χ0) is 13.1. The normalized spacial score (nSPS) is 10.7. The lowest BCUT2D eigenvalue weighted by atomic mass is 10.2. The predicted molar refractivity (Wildman–Crippen MR) is 73.7 cm³/mol. The van der Waals surface area contributed by atoms with E-state index in [4.69, 9.17) is 9.84 Å². The number of nitrogens with zero attached hydrogens (tertiary/aromatic N) is 2. The van der Waals surface area contributed by atoms with Gasteiger partial charge in [-0.25, -0.2) is 4.98 Å². The van der Waals surface area contributed by atoms with Crippen LogP contribution in [0.4, 0.5) is 0 Å². The number of hydrogen-bond donors (Lipinski definition) is 1. The fourth-order valence-electron chi connectivity index (χ4n) is 1.87. The van der Waals surface area contributed by atoms with Crippen LogP contribution in [-0.4, -0.2) is 28.4 Å². The van der Waals surface area contributed by atoms with Crippen molar-refractivity contribution in [2.75, 3.05) is 13.7 Å². The molecule has 0 aliphatic rings. The maximum Gasteiger partial charge on any atom is 0.144 e. The van der Waals surface area contributed by atoms with Crippen LogP contribution in [0.15, 0.2) is 28.9 Å². The third-order valence-electron chi connectivity index (χ3n) is 2.79. The second kappa shape index (κ2) is 5.54. The summed E-state index contributed by atoms with van der Waals surface area (Å²) in [6.45, 7) is 0.0843. The van der Waals surface area contributed by atoms with Crippen LogP contribution in [0.3, 0.4) is 0 Å². The lowest BCUT2D eigenvalue weighted by Gasteiger charge is -2.07. The van der Waals surface area contributed by atoms with Crippen molar-refractivity contribution in [2.45, 2.75) is 6.42 Å². The molecule has 0 saturated carbocycles. The highest BCUT2D eigenvalue weighted by Gasteiger charge is 2.16. The first-order chi connectivity index (χ1) is 8.69. The Hall–Kier alpha value is -1.33. The molecule has 2 rings (SSSR count). The van der Waals surface area contributed by atoms with Gasteiger partial charge in [0.15, 0.2) is 0 Å². The van der Waals surface area contributed by atoms with Gasteiger partial charge in [0.2, 0.25) is 0 Å². The smallest absolute Gasteiger partial charge is 0.144 e. The van der Waals surface area contributed by atoms with Gasteiger partial charge in [-0.1, -0.05) is 12.1 Å². The zero-order valence-electron chi connectivity index (χ0n) is 10.4. The number of ether oxygens (including phenoxy) is 1. The van der Waals surface area contributed by atoms with Crippen molar-refractivity contribution < 1.29 is 9.84 Å². The lowest BCUT2D eigenvalue weighted by Crippen LogP contribution is -1.95. The number of methoxy groups -OCH3 is 1. The second-order valence-corrected chi connectivity index (χ2v) is 4.66.